The van der Waals surface area contributed by atoms with Crippen LogP contribution in [0.4, 0.5) is 0 Å². The van der Waals surface area contributed by atoms with Crippen molar-refractivity contribution in [1.82, 2.24) is 10.2 Å². The highest BCUT2D eigenvalue weighted by Gasteiger charge is 2.41. The first-order valence-corrected chi connectivity index (χ1v) is 8.29. The summed E-state index contributed by atoms with van der Waals surface area (Å²) in [6.07, 6.45) is 0.993. The summed E-state index contributed by atoms with van der Waals surface area (Å²) in [4.78, 5) is 14.5. The first kappa shape index (κ1) is 15.5. The molecule has 1 fully saturated rings. The number of nitrogens with zero attached hydrogens (tertiary/aromatic N) is 1. The summed E-state index contributed by atoms with van der Waals surface area (Å²) in [5.41, 5.74) is 1.17. The highest BCUT2D eigenvalue weighted by Crippen LogP contribution is 2.29. The fourth-order valence-electron chi connectivity index (χ4n) is 2.53. The highest BCUT2D eigenvalue weighted by atomic mass is 32.1. The summed E-state index contributed by atoms with van der Waals surface area (Å²) in [6, 6.07) is 2.01. The SMILES string of the molecule is CCOCCN1C(=O)C(C(C)CC)NC1c1ccsc1. The van der Waals surface area contributed by atoms with Gasteiger partial charge in [0.1, 0.15) is 6.17 Å². The Bertz CT molecular complexity index is 422. The molecular weight excluding hydrogens is 272 g/mol. The van der Waals surface area contributed by atoms with Gasteiger partial charge in [-0.25, -0.2) is 0 Å². The topological polar surface area (TPSA) is 41.6 Å². The molecule has 112 valence electrons. The second-order valence-corrected chi connectivity index (χ2v) is 6.00. The Balaban J connectivity index is 2.12. The van der Waals surface area contributed by atoms with Gasteiger partial charge in [-0.3, -0.25) is 10.1 Å². The summed E-state index contributed by atoms with van der Waals surface area (Å²) in [5, 5.41) is 7.66. The van der Waals surface area contributed by atoms with Crippen LogP contribution in [0, 0.1) is 5.92 Å². The molecule has 1 aliphatic rings. The normalized spacial score (nSPS) is 24.4. The molecule has 2 heterocycles. The summed E-state index contributed by atoms with van der Waals surface area (Å²) in [5.74, 6) is 0.552. The Labute approximate surface area is 125 Å². The molecule has 0 aromatic carbocycles. The smallest absolute Gasteiger partial charge is 0.241 e. The molecule has 1 saturated heterocycles. The lowest BCUT2D eigenvalue weighted by molar-refractivity contribution is -0.131. The third-order valence-electron chi connectivity index (χ3n) is 3.95. The molecule has 1 aromatic rings. The lowest BCUT2D eigenvalue weighted by Crippen LogP contribution is -2.36. The predicted molar refractivity (Wildman–Crippen MR) is 81.6 cm³/mol. The Kier molecular flexibility index (Phi) is 5.57. The summed E-state index contributed by atoms with van der Waals surface area (Å²) < 4.78 is 5.41. The quantitative estimate of drug-likeness (QED) is 0.787. The predicted octanol–water partition coefficient (Wildman–Crippen LogP) is 2.63. The van der Waals surface area contributed by atoms with Gasteiger partial charge in [-0.1, -0.05) is 20.3 Å². The summed E-state index contributed by atoms with van der Waals surface area (Å²) in [6.45, 7) is 8.16. The van der Waals surface area contributed by atoms with Gasteiger partial charge >= 0.3 is 0 Å². The maximum Gasteiger partial charge on any atom is 0.241 e. The number of nitrogens with one attached hydrogen (secondary N) is 1. The third-order valence-corrected chi connectivity index (χ3v) is 4.65. The van der Waals surface area contributed by atoms with E-state index in [1.165, 1.54) is 5.56 Å². The lowest BCUT2D eigenvalue weighted by atomic mass is 9.99. The molecule has 1 amide bonds. The minimum Gasteiger partial charge on any atom is -0.380 e. The second kappa shape index (κ2) is 7.20. The number of ether oxygens (including phenoxy) is 1. The van der Waals surface area contributed by atoms with Crippen molar-refractivity contribution in [2.24, 2.45) is 5.92 Å². The van der Waals surface area contributed by atoms with Crippen LogP contribution in [-0.4, -0.2) is 36.6 Å². The first-order valence-electron chi connectivity index (χ1n) is 7.35. The lowest BCUT2D eigenvalue weighted by Gasteiger charge is -2.23. The van der Waals surface area contributed by atoms with E-state index in [1.807, 2.05) is 11.8 Å². The van der Waals surface area contributed by atoms with Crippen molar-refractivity contribution in [2.45, 2.75) is 39.4 Å². The Morgan fingerprint density at radius 1 is 1.50 bits per heavy atom. The summed E-state index contributed by atoms with van der Waals surface area (Å²) in [7, 11) is 0. The molecule has 3 atom stereocenters. The molecule has 1 aliphatic heterocycles. The molecule has 0 spiro atoms. The number of hydrogen-bond donors (Lipinski definition) is 1. The van der Waals surface area contributed by atoms with Gasteiger partial charge in [0.15, 0.2) is 0 Å². The summed E-state index contributed by atoms with van der Waals surface area (Å²) >= 11 is 1.66. The van der Waals surface area contributed by atoms with Crippen LogP contribution < -0.4 is 5.32 Å². The van der Waals surface area contributed by atoms with Crippen LogP contribution in [0.1, 0.15) is 38.9 Å². The van der Waals surface area contributed by atoms with Gasteiger partial charge in [0, 0.05) is 13.2 Å². The molecular formula is C15H24N2O2S. The average molecular weight is 296 g/mol. The van der Waals surface area contributed by atoms with E-state index in [0.29, 0.717) is 25.7 Å². The van der Waals surface area contributed by atoms with Crippen LogP contribution in [0.5, 0.6) is 0 Å². The van der Waals surface area contributed by atoms with Gasteiger partial charge in [-0.05, 0) is 35.2 Å². The van der Waals surface area contributed by atoms with E-state index in [0.717, 1.165) is 6.42 Å². The average Bonchev–Trinajstić information content (AvgIpc) is 3.07. The number of rotatable bonds is 7. The van der Waals surface area contributed by atoms with E-state index >= 15 is 0 Å². The van der Waals surface area contributed by atoms with Crippen LogP contribution in [-0.2, 0) is 9.53 Å². The van der Waals surface area contributed by atoms with Gasteiger partial charge in [0.2, 0.25) is 5.91 Å². The molecule has 0 bridgehead atoms. The standard InChI is InChI=1S/C15H24N2O2S/c1-4-11(3)13-15(18)17(7-8-19-5-2)14(16-13)12-6-9-20-10-12/h6,9-11,13-14,16H,4-5,7-8H2,1-3H3. The largest absolute Gasteiger partial charge is 0.380 e. The van der Waals surface area contributed by atoms with Crippen molar-refractivity contribution >= 4 is 17.2 Å². The number of thiophene rings is 1. The number of hydrogen-bond acceptors (Lipinski definition) is 4. The fourth-order valence-corrected chi connectivity index (χ4v) is 3.21. The van der Waals surface area contributed by atoms with Gasteiger partial charge < -0.3 is 9.64 Å². The highest BCUT2D eigenvalue weighted by molar-refractivity contribution is 7.07. The Hall–Kier alpha value is -0.910. The minimum atomic E-state index is -0.0773. The molecule has 0 radical (unpaired) electrons. The first-order chi connectivity index (χ1) is 9.69. The third kappa shape index (κ3) is 3.22. The van der Waals surface area contributed by atoms with Gasteiger partial charge in [0.05, 0.1) is 12.6 Å². The Morgan fingerprint density at radius 3 is 2.90 bits per heavy atom. The molecule has 4 nitrogen and oxygen atoms in total. The molecule has 20 heavy (non-hydrogen) atoms. The zero-order chi connectivity index (χ0) is 14.5. The maximum absolute atomic E-state index is 12.6. The van der Waals surface area contributed by atoms with Crippen molar-refractivity contribution in [3.8, 4) is 0 Å². The van der Waals surface area contributed by atoms with Crippen LogP contribution in [0.3, 0.4) is 0 Å². The Morgan fingerprint density at radius 2 is 2.30 bits per heavy atom. The van der Waals surface area contributed by atoms with E-state index in [4.69, 9.17) is 4.74 Å². The molecule has 3 unspecified atom stereocenters. The molecule has 1 aromatic heterocycles. The number of carbonyl (C=O) groups is 1. The van der Waals surface area contributed by atoms with Crippen molar-refractivity contribution in [3.63, 3.8) is 0 Å². The maximum atomic E-state index is 12.6. The molecule has 5 heteroatoms. The van der Waals surface area contributed by atoms with E-state index in [-0.39, 0.29) is 18.1 Å². The van der Waals surface area contributed by atoms with Gasteiger partial charge in [0.25, 0.3) is 0 Å². The van der Waals surface area contributed by atoms with Crippen molar-refractivity contribution < 1.29 is 9.53 Å². The van der Waals surface area contributed by atoms with Gasteiger partial charge in [-0.15, -0.1) is 0 Å². The van der Waals surface area contributed by atoms with Crippen molar-refractivity contribution in [3.05, 3.63) is 22.4 Å². The van der Waals surface area contributed by atoms with E-state index in [9.17, 15) is 4.79 Å². The van der Waals surface area contributed by atoms with E-state index in [2.05, 4.69) is 36.0 Å². The number of amides is 1. The molecule has 1 N–H and O–H groups in total. The number of carbonyl (C=O) groups excluding carboxylic acids is 1. The van der Waals surface area contributed by atoms with Crippen molar-refractivity contribution in [1.29, 1.82) is 0 Å². The van der Waals surface area contributed by atoms with Crippen molar-refractivity contribution in [2.75, 3.05) is 19.8 Å². The minimum absolute atomic E-state index is 0.00629. The van der Waals surface area contributed by atoms with Crippen LogP contribution in [0.2, 0.25) is 0 Å². The molecule has 0 saturated carbocycles. The van der Waals surface area contributed by atoms with Crippen LogP contribution in [0.25, 0.3) is 0 Å². The van der Waals surface area contributed by atoms with E-state index in [1.54, 1.807) is 11.3 Å². The van der Waals surface area contributed by atoms with Gasteiger partial charge in [-0.2, -0.15) is 11.3 Å². The van der Waals surface area contributed by atoms with E-state index < -0.39 is 0 Å². The zero-order valence-electron chi connectivity index (χ0n) is 12.5. The molecule has 0 aliphatic carbocycles. The van der Waals surface area contributed by atoms with Crippen LogP contribution >= 0.6 is 11.3 Å². The zero-order valence-corrected chi connectivity index (χ0v) is 13.3. The fraction of sp³-hybridized carbons (Fsp3) is 0.667. The van der Waals surface area contributed by atoms with Crippen LogP contribution in [0.15, 0.2) is 16.8 Å². The monoisotopic (exact) mass is 296 g/mol. The molecule has 2 rings (SSSR count). The second-order valence-electron chi connectivity index (χ2n) is 5.22.